The number of fused-ring (bicyclic) bond motifs is 1. The lowest BCUT2D eigenvalue weighted by Crippen LogP contribution is -2.38. The first-order chi connectivity index (χ1) is 19.8. The van der Waals surface area contributed by atoms with Crippen molar-refractivity contribution in [1.82, 2.24) is 24.6 Å². The van der Waals surface area contributed by atoms with Crippen molar-refractivity contribution >= 4 is 45.0 Å². The Kier molecular flexibility index (Phi) is 8.78. The second kappa shape index (κ2) is 12.3. The highest BCUT2D eigenvalue weighted by Gasteiger charge is 2.35. The standard InChI is InChI=1S/C29H32FN7O3S.ClH/c1-18-7-10-21-22(11-12-24(30)26(21)36-41(38,39)37(2)20-8-9-20)27(18)40-28-23(6-4-15-32-28)25-13-16-33-29(35-25)34-19-5-3-14-31-17-19;/h4,6-7,10-13,15-16,19-20,31,36H,3,5,8-9,14,17H2,1-2H3,(H,33,34,35);1H/t19-;/m0./s1. The van der Waals surface area contributed by atoms with Crippen molar-refractivity contribution in [1.29, 1.82) is 0 Å². The van der Waals surface area contributed by atoms with Crippen LogP contribution in [0.4, 0.5) is 16.0 Å². The van der Waals surface area contributed by atoms with Crippen molar-refractivity contribution in [2.75, 3.05) is 30.2 Å². The fourth-order valence-corrected chi connectivity index (χ4v) is 6.25. The average Bonchev–Trinajstić information content (AvgIpc) is 3.82. The highest BCUT2D eigenvalue weighted by Crippen LogP contribution is 2.40. The van der Waals surface area contributed by atoms with Crippen LogP contribution >= 0.6 is 12.4 Å². The van der Waals surface area contributed by atoms with E-state index in [9.17, 15) is 8.42 Å². The van der Waals surface area contributed by atoms with E-state index in [1.54, 1.807) is 42.7 Å². The molecule has 2 fully saturated rings. The maximum atomic E-state index is 15.1. The molecular weight excluding hydrogens is 581 g/mol. The molecule has 1 saturated carbocycles. The molecule has 3 N–H and O–H groups in total. The summed E-state index contributed by atoms with van der Waals surface area (Å²) in [7, 11) is -2.43. The third-order valence-electron chi connectivity index (χ3n) is 7.50. The SMILES string of the molecule is Cc1ccc2c(NS(=O)(=O)N(C)C3CC3)c(F)ccc2c1Oc1ncccc1-c1ccnc(N[C@H]2CCCNC2)n1.Cl. The number of hydrogen-bond donors (Lipinski definition) is 3. The van der Waals surface area contributed by atoms with Gasteiger partial charge in [0.05, 0.1) is 16.9 Å². The minimum Gasteiger partial charge on any atom is -0.437 e. The molecule has 0 unspecified atom stereocenters. The Labute approximate surface area is 250 Å². The highest BCUT2D eigenvalue weighted by molar-refractivity contribution is 7.90. The van der Waals surface area contributed by atoms with E-state index in [0.29, 0.717) is 39.6 Å². The second-order valence-corrected chi connectivity index (χ2v) is 12.2. The lowest BCUT2D eigenvalue weighted by atomic mass is 10.0. The Balaban J connectivity index is 0.00000353. The number of halogens is 2. The molecule has 2 aromatic heterocycles. The summed E-state index contributed by atoms with van der Waals surface area (Å²) >= 11 is 0. The molecule has 0 spiro atoms. The molecule has 1 aliphatic heterocycles. The molecule has 42 heavy (non-hydrogen) atoms. The first-order valence-corrected chi connectivity index (χ1v) is 15.2. The number of piperidine rings is 1. The number of nitrogens with zero attached hydrogens (tertiary/aromatic N) is 4. The van der Waals surface area contributed by atoms with Crippen LogP contribution in [-0.4, -0.2) is 59.9 Å². The van der Waals surface area contributed by atoms with Gasteiger partial charge < -0.3 is 15.4 Å². The van der Waals surface area contributed by atoms with Gasteiger partial charge in [-0.05, 0) is 75.0 Å². The van der Waals surface area contributed by atoms with Crippen LogP contribution in [0.15, 0.2) is 54.9 Å². The molecule has 0 bridgehead atoms. The van der Waals surface area contributed by atoms with Crippen molar-refractivity contribution in [3.05, 3.63) is 66.2 Å². The lowest BCUT2D eigenvalue weighted by molar-refractivity contribution is 0.466. The Morgan fingerprint density at radius 2 is 1.86 bits per heavy atom. The molecule has 1 aliphatic carbocycles. The van der Waals surface area contributed by atoms with Crippen LogP contribution in [0.3, 0.4) is 0 Å². The van der Waals surface area contributed by atoms with E-state index in [-0.39, 0.29) is 30.2 Å². The van der Waals surface area contributed by atoms with Crippen molar-refractivity contribution in [3.8, 4) is 22.9 Å². The zero-order valence-corrected chi connectivity index (χ0v) is 24.9. The number of pyridine rings is 1. The van der Waals surface area contributed by atoms with Gasteiger partial charge in [0.25, 0.3) is 0 Å². The normalized spacial score (nSPS) is 17.1. The molecule has 4 aromatic rings. The van der Waals surface area contributed by atoms with Gasteiger partial charge in [-0.3, -0.25) is 4.72 Å². The van der Waals surface area contributed by atoms with E-state index < -0.39 is 16.0 Å². The Hall–Kier alpha value is -3.58. The van der Waals surface area contributed by atoms with Crippen LogP contribution in [-0.2, 0) is 10.2 Å². The fraction of sp³-hybridized carbons (Fsp3) is 0.345. The molecule has 1 saturated heterocycles. The van der Waals surface area contributed by atoms with E-state index in [0.717, 1.165) is 44.3 Å². The van der Waals surface area contributed by atoms with Crippen molar-refractivity contribution in [2.45, 2.75) is 44.7 Å². The van der Waals surface area contributed by atoms with E-state index >= 15 is 4.39 Å². The molecule has 13 heteroatoms. The quantitative estimate of drug-likeness (QED) is 0.233. The van der Waals surface area contributed by atoms with Gasteiger partial charge in [-0.2, -0.15) is 12.7 Å². The van der Waals surface area contributed by atoms with Crippen LogP contribution in [0, 0.1) is 12.7 Å². The summed E-state index contributed by atoms with van der Waals surface area (Å²) in [5.74, 6) is 0.606. The van der Waals surface area contributed by atoms with Crippen LogP contribution in [0.1, 0.15) is 31.2 Å². The van der Waals surface area contributed by atoms with Gasteiger partial charge in [0, 0.05) is 48.8 Å². The summed E-state index contributed by atoms with van der Waals surface area (Å²) in [6, 6.07) is 11.9. The maximum absolute atomic E-state index is 15.1. The molecule has 6 rings (SSSR count). The molecule has 2 aromatic carbocycles. The molecule has 0 amide bonds. The summed E-state index contributed by atoms with van der Waals surface area (Å²) in [5, 5.41) is 7.71. The van der Waals surface area contributed by atoms with Gasteiger partial charge in [-0.15, -0.1) is 12.4 Å². The van der Waals surface area contributed by atoms with E-state index in [1.807, 2.05) is 13.0 Å². The highest BCUT2D eigenvalue weighted by atomic mass is 35.5. The third kappa shape index (κ3) is 6.26. The predicted molar refractivity (Wildman–Crippen MR) is 164 cm³/mol. The van der Waals surface area contributed by atoms with Crippen LogP contribution in [0.5, 0.6) is 11.6 Å². The van der Waals surface area contributed by atoms with Crippen LogP contribution < -0.4 is 20.1 Å². The number of nitrogens with one attached hydrogen (secondary N) is 3. The van der Waals surface area contributed by atoms with Crippen LogP contribution in [0.2, 0.25) is 0 Å². The zero-order valence-electron chi connectivity index (χ0n) is 23.3. The summed E-state index contributed by atoms with van der Waals surface area (Å²) in [6.07, 6.45) is 7.03. The van der Waals surface area contributed by atoms with Crippen LogP contribution in [0.25, 0.3) is 22.0 Å². The maximum Gasteiger partial charge on any atom is 0.301 e. The number of aryl methyl sites for hydroxylation is 1. The zero-order chi connectivity index (χ0) is 28.6. The van der Waals surface area contributed by atoms with Gasteiger partial charge >= 0.3 is 10.2 Å². The number of aromatic nitrogens is 3. The molecule has 222 valence electrons. The first kappa shape index (κ1) is 29.9. The van der Waals surface area contributed by atoms with Gasteiger partial charge in [-0.1, -0.05) is 12.1 Å². The number of ether oxygens (including phenoxy) is 1. The molecule has 3 heterocycles. The third-order valence-corrected chi connectivity index (χ3v) is 9.02. The fourth-order valence-electron chi connectivity index (χ4n) is 5.03. The van der Waals surface area contributed by atoms with Gasteiger partial charge in [-0.25, -0.2) is 19.3 Å². The summed E-state index contributed by atoms with van der Waals surface area (Å²) in [4.78, 5) is 13.6. The number of hydrogen-bond acceptors (Lipinski definition) is 8. The van der Waals surface area contributed by atoms with Crippen molar-refractivity contribution in [3.63, 3.8) is 0 Å². The minimum absolute atomic E-state index is 0. The first-order valence-electron chi connectivity index (χ1n) is 13.7. The Bertz CT molecular complexity index is 1700. The Morgan fingerprint density at radius 3 is 2.62 bits per heavy atom. The van der Waals surface area contributed by atoms with Gasteiger partial charge in [0.1, 0.15) is 11.6 Å². The summed E-state index contributed by atoms with van der Waals surface area (Å²) in [6.45, 7) is 3.74. The van der Waals surface area contributed by atoms with Gasteiger partial charge in [0.2, 0.25) is 11.8 Å². The molecule has 10 nitrogen and oxygen atoms in total. The molecule has 2 aliphatic rings. The number of benzene rings is 2. The predicted octanol–water partition coefficient (Wildman–Crippen LogP) is 5.27. The molecule has 0 radical (unpaired) electrons. The van der Waals surface area contributed by atoms with Crippen molar-refractivity contribution in [2.24, 2.45) is 0 Å². The number of rotatable bonds is 9. The smallest absolute Gasteiger partial charge is 0.301 e. The van der Waals surface area contributed by atoms with Crippen molar-refractivity contribution < 1.29 is 17.5 Å². The van der Waals surface area contributed by atoms with E-state index in [4.69, 9.17) is 9.72 Å². The molecular formula is C29H33ClFN7O3S. The minimum atomic E-state index is -3.94. The Morgan fingerprint density at radius 1 is 1.05 bits per heavy atom. The summed E-state index contributed by atoms with van der Waals surface area (Å²) in [5.41, 5.74) is 1.95. The summed E-state index contributed by atoms with van der Waals surface area (Å²) < 4.78 is 51.1. The van der Waals surface area contributed by atoms with Gasteiger partial charge in [0.15, 0.2) is 0 Å². The average molecular weight is 614 g/mol. The van der Waals surface area contributed by atoms with E-state index in [2.05, 4.69) is 25.3 Å². The number of anilines is 2. The topological polar surface area (TPSA) is 121 Å². The largest absolute Gasteiger partial charge is 0.437 e. The monoisotopic (exact) mass is 613 g/mol. The van der Waals surface area contributed by atoms with E-state index in [1.165, 1.54) is 17.4 Å². The lowest BCUT2D eigenvalue weighted by Gasteiger charge is -2.23. The molecule has 1 atom stereocenters. The second-order valence-electron chi connectivity index (χ2n) is 10.5.